The highest BCUT2D eigenvalue weighted by molar-refractivity contribution is 6.42. The van der Waals surface area contributed by atoms with Crippen molar-refractivity contribution in [2.24, 2.45) is 0 Å². The SMILES string of the molecule is COc1ccccc1-c1c[nH]c2ncc(-c3cncc(C(=O)C(=O)N(C)C)c3)c(OC)c12. The summed E-state index contributed by atoms with van der Waals surface area (Å²) in [6.45, 7) is 0. The number of para-hydroxylation sites is 1. The van der Waals surface area contributed by atoms with Crippen LogP contribution in [0.15, 0.2) is 55.1 Å². The number of carbonyl (C=O) groups excluding carboxylic acids is 2. The van der Waals surface area contributed by atoms with Gasteiger partial charge in [-0.1, -0.05) is 18.2 Å². The minimum atomic E-state index is -0.631. The number of H-pyrrole nitrogens is 1. The van der Waals surface area contributed by atoms with Crippen molar-refractivity contribution in [3.63, 3.8) is 0 Å². The topological polar surface area (TPSA) is 97.4 Å². The summed E-state index contributed by atoms with van der Waals surface area (Å²) < 4.78 is 11.3. The van der Waals surface area contributed by atoms with Crippen LogP contribution < -0.4 is 9.47 Å². The third-order valence-corrected chi connectivity index (χ3v) is 5.17. The van der Waals surface area contributed by atoms with Gasteiger partial charge in [0.1, 0.15) is 17.1 Å². The van der Waals surface area contributed by atoms with Crippen LogP contribution in [0.1, 0.15) is 10.4 Å². The maximum absolute atomic E-state index is 12.5. The number of amides is 1. The molecule has 0 bridgehead atoms. The molecule has 0 saturated carbocycles. The second kappa shape index (κ2) is 8.50. The Kier molecular flexibility index (Phi) is 5.59. The average Bonchev–Trinajstić information content (AvgIpc) is 3.26. The number of Topliss-reactive ketones (excluding diaryl/α,β-unsaturated/α-hetero) is 1. The van der Waals surface area contributed by atoms with E-state index in [0.717, 1.165) is 22.3 Å². The summed E-state index contributed by atoms with van der Waals surface area (Å²) in [6, 6.07) is 9.31. The largest absolute Gasteiger partial charge is 0.496 e. The number of ketones is 1. The van der Waals surface area contributed by atoms with Gasteiger partial charge in [0.05, 0.1) is 19.6 Å². The molecular formula is C24H22N4O4. The first-order valence-corrected chi connectivity index (χ1v) is 9.85. The highest BCUT2D eigenvalue weighted by Crippen LogP contribution is 2.42. The van der Waals surface area contributed by atoms with E-state index < -0.39 is 11.7 Å². The number of pyridine rings is 2. The molecule has 0 spiro atoms. The number of aromatic amines is 1. The molecule has 4 rings (SSSR count). The van der Waals surface area contributed by atoms with Crippen LogP contribution in [0.5, 0.6) is 11.5 Å². The van der Waals surface area contributed by atoms with E-state index in [1.54, 1.807) is 32.7 Å². The Balaban J connectivity index is 1.89. The number of fused-ring (bicyclic) bond motifs is 1. The first kappa shape index (κ1) is 21.0. The molecule has 1 amide bonds. The summed E-state index contributed by atoms with van der Waals surface area (Å²) in [5, 5.41) is 0.774. The van der Waals surface area contributed by atoms with Gasteiger partial charge in [0, 0.05) is 66.7 Å². The van der Waals surface area contributed by atoms with Gasteiger partial charge in [-0.3, -0.25) is 14.6 Å². The normalized spacial score (nSPS) is 10.8. The lowest BCUT2D eigenvalue weighted by Gasteiger charge is -2.13. The van der Waals surface area contributed by atoms with Crippen molar-refractivity contribution in [1.82, 2.24) is 19.9 Å². The standard InChI is InChI=1S/C24H22N4O4/c1-28(2)24(30)21(29)15-9-14(10-25-11-15)17-12-26-23-20(22(17)32-4)18(13-27-23)16-7-5-6-8-19(16)31-3/h5-13H,1-4H3,(H,26,27). The molecular weight excluding hydrogens is 408 g/mol. The second-order valence-electron chi connectivity index (χ2n) is 7.32. The lowest BCUT2D eigenvalue weighted by atomic mass is 9.99. The maximum atomic E-state index is 12.5. The van der Waals surface area contributed by atoms with Crippen molar-refractivity contribution in [3.8, 4) is 33.8 Å². The molecule has 0 aliphatic rings. The predicted octanol–water partition coefficient (Wildman–Crippen LogP) is 3.58. The van der Waals surface area contributed by atoms with Crippen LogP contribution in [0.4, 0.5) is 0 Å². The van der Waals surface area contributed by atoms with Gasteiger partial charge in [-0.2, -0.15) is 0 Å². The van der Waals surface area contributed by atoms with Gasteiger partial charge < -0.3 is 19.4 Å². The summed E-state index contributed by atoms with van der Waals surface area (Å²) in [4.78, 5) is 37.8. The molecule has 0 aliphatic heterocycles. The molecule has 0 saturated heterocycles. The molecule has 1 N–H and O–H groups in total. The predicted molar refractivity (Wildman–Crippen MR) is 121 cm³/mol. The van der Waals surface area contributed by atoms with Crippen molar-refractivity contribution in [2.45, 2.75) is 0 Å². The zero-order valence-electron chi connectivity index (χ0n) is 18.2. The molecule has 32 heavy (non-hydrogen) atoms. The minimum absolute atomic E-state index is 0.197. The molecule has 1 aromatic carbocycles. The lowest BCUT2D eigenvalue weighted by Crippen LogP contribution is -2.29. The van der Waals surface area contributed by atoms with Crippen LogP contribution in [0.2, 0.25) is 0 Å². The molecule has 8 nitrogen and oxygen atoms in total. The minimum Gasteiger partial charge on any atom is -0.496 e. The van der Waals surface area contributed by atoms with Crippen LogP contribution in [0.3, 0.4) is 0 Å². The van der Waals surface area contributed by atoms with Gasteiger partial charge in [0.15, 0.2) is 0 Å². The van der Waals surface area contributed by atoms with Crippen LogP contribution in [0, 0.1) is 0 Å². The highest BCUT2D eigenvalue weighted by atomic mass is 16.5. The lowest BCUT2D eigenvalue weighted by molar-refractivity contribution is -0.124. The summed E-state index contributed by atoms with van der Waals surface area (Å²) in [7, 11) is 6.26. The van der Waals surface area contributed by atoms with E-state index in [0.29, 0.717) is 22.5 Å². The highest BCUT2D eigenvalue weighted by Gasteiger charge is 2.22. The molecule has 0 atom stereocenters. The molecule has 162 valence electrons. The molecule has 8 heteroatoms. The number of rotatable bonds is 6. The van der Waals surface area contributed by atoms with Gasteiger partial charge in [-0.05, 0) is 12.1 Å². The quantitative estimate of drug-likeness (QED) is 0.371. The molecule has 0 radical (unpaired) electrons. The molecule has 4 aromatic rings. The Morgan fingerprint density at radius 2 is 1.75 bits per heavy atom. The Bertz CT molecular complexity index is 1330. The summed E-state index contributed by atoms with van der Waals surface area (Å²) in [5.74, 6) is 0.0436. The number of methoxy groups -OCH3 is 2. The Labute approximate surface area is 184 Å². The van der Waals surface area contributed by atoms with E-state index in [4.69, 9.17) is 9.47 Å². The Morgan fingerprint density at radius 3 is 2.47 bits per heavy atom. The van der Waals surface area contributed by atoms with Crippen LogP contribution >= 0.6 is 0 Å². The molecule has 3 heterocycles. The van der Waals surface area contributed by atoms with Gasteiger partial charge >= 0.3 is 0 Å². The van der Waals surface area contributed by atoms with Crippen molar-refractivity contribution >= 4 is 22.7 Å². The van der Waals surface area contributed by atoms with E-state index in [1.807, 2.05) is 30.5 Å². The average molecular weight is 430 g/mol. The van der Waals surface area contributed by atoms with Gasteiger partial charge in [-0.25, -0.2) is 4.98 Å². The number of likely N-dealkylation sites (N-methyl/N-ethyl adjacent to an activating group) is 1. The van der Waals surface area contributed by atoms with Crippen LogP contribution in [-0.4, -0.2) is 59.9 Å². The van der Waals surface area contributed by atoms with Crippen molar-refractivity contribution in [2.75, 3.05) is 28.3 Å². The Hall–Kier alpha value is -4.20. The fourth-order valence-corrected chi connectivity index (χ4v) is 3.60. The summed E-state index contributed by atoms with van der Waals surface area (Å²) in [5.41, 5.74) is 3.86. The third kappa shape index (κ3) is 3.56. The van der Waals surface area contributed by atoms with E-state index in [1.165, 1.54) is 25.2 Å². The zero-order valence-corrected chi connectivity index (χ0v) is 18.2. The number of ether oxygens (including phenoxy) is 2. The number of nitrogens with one attached hydrogen (secondary N) is 1. The fourth-order valence-electron chi connectivity index (χ4n) is 3.60. The van der Waals surface area contributed by atoms with Gasteiger partial charge in [-0.15, -0.1) is 0 Å². The van der Waals surface area contributed by atoms with E-state index >= 15 is 0 Å². The first-order chi connectivity index (χ1) is 15.5. The zero-order chi connectivity index (χ0) is 22.8. The maximum Gasteiger partial charge on any atom is 0.294 e. The van der Waals surface area contributed by atoms with Crippen molar-refractivity contribution in [1.29, 1.82) is 0 Å². The number of hydrogen-bond donors (Lipinski definition) is 1. The number of carbonyl (C=O) groups is 2. The van der Waals surface area contributed by atoms with E-state index in [2.05, 4.69) is 15.0 Å². The molecule has 0 fully saturated rings. The summed E-state index contributed by atoms with van der Waals surface area (Å²) >= 11 is 0. The van der Waals surface area contributed by atoms with E-state index in [9.17, 15) is 9.59 Å². The molecule has 0 aliphatic carbocycles. The first-order valence-electron chi connectivity index (χ1n) is 9.85. The van der Waals surface area contributed by atoms with Crippen molar-refractivity contribution < 1.29 is 19.1 Å². The smallest absolute Gasteiger partial charge is 0.294 e. The number of nitrogens with zero attached hydrogens (tertiary/aromatic N) is 3. The number of benzene rings is 1. The van der Waals surface area contributed by atoms with Gasteiger partial charge in [0.25, 0.3) is 11.7 Å². The fraction of sp³-hybridized carbons (Fsp3) is 0.167. The molecule has 3 aromatic heterocycles. The van der Waals surface area contributed by atoms with Crippen molar-refractivity contribution in [3.05, 3.63) is 60.7 Å². The monoisotopic (exact) mass is 430 g/mol. The number of hydrogen-bond acceptors (Lipinski definition) is 6. The second-order valence-corrected chi connectivity index (χ2v) is 7.32. The third-order valence-electron chi connectivity index (χ3n) is 5.17. The molecule has 0 unspecified atom stereocenters. The van der Waals surface area contributed by atoms with Gasteiger partial charge in [0.2, 0.25) is 0 Å². The number of aromatic nitrogens is 3. The van der Waals surface area contributed by atoms with Crippen LogP contribution in [-0.2, 0) is 4.79 Å². The summed E-state index contributed by atoms with van der Waals surface area (Å²) in [6.07, 6.45) is 6.50. The van der Waals surface area contributed by atoms with Crippen LogP contribution in [0.25, 0.3) is 33.3 Å². The Morgan fingerprint density at radius 1 is 0.969 bits per heavy atom. The van der Waals surface area contributed by atoms with E-state index in [-0.39, 0.29) is 5.56 Å².